The summed E-state index contributed by atoms with van der Waals surface area (Å²) in [5.41, 5.74) is 0. The van der Waals surface area contributed by atoms with Crippen LogP contribution in [0.25, 0.3) is 0 Å². The SMILES string of the molecule is CCCCCC1CCC(C2CCC3C(CCCC3C(=O)Oc3ccc(Cl)cc3)C2)CC1. The van der Waals surface area contributed by atoms with Crippen LogP contribution in [0.2, 0.25) is 5.02 Å². The van der Waals surface area contributed by atoms with Crippen molar-refractivity contribution in [3.8, 4) is 5.75 Å². The Balaban J connectivity index is 1.27. The highest BCUT2D eigenvalue weighted by atomic mass is 35.5. The average molecular weight is 445 g/mol. The van der Waals surface area contributed by atoms with Crippen LogP contribution < -0.4 is 4.74 Å². The first-order valence-electron chi connectivity index (χ1n) is 13.1. The van der Waals surface area contributed by atoms with Gasteiger partial charge < -0.3 is 4.74 Å². The quantitative estimate of drug-likeness (QED) is 0.239. The molecule has 4 unspecified atom stereocenters. The summed E-state index contributed by atoms with van der Waals surface area (Å²) in [6.45, 7) is 2.31. The highest BCUT2D eigenvalue weighted by Gasteiger charge is 2.43. The molecule has 3 saturated carbocycles. The minimum atomic E-state index is -0.0111. The molecule has 4 rings (SSSR count). The van der Waals surface area contributed by atoms with Gasteiger partial charge in [0.2, 0.25) is 0 Å². The minimum absolute atomic E-state index is 0.0111. The Bertz CT molecular complexity index is 691. The molecule has 0 aliphatic heterocycles. The third kappa shape index (κ3) is 6.06. The first kappa shape index (κ1) is 23.1. The average Bonchev–Trinajstić information content (AvgIpc) is 2.80. The lowest BCUT2D eigenvalue weighted by Gasteiger charge is -2.46. The molecule has 0 bridgehead atoms. The predicted octanol–water partition coefficient (Wildman–Crippen LogP) is 8.46. The number of carbonyl (C=O) groups is 1. The molecule has 172 valence electrons. The number of hydrogen-bond acceptors (Lipinski definition) is 2. The normalized spacial score (nSPS) is 33.5. The van der Waals surface area contributed by atoms with E-state index in [4.69, 9.17) is 16.3 Å². The maximum Gasteiger partial charge on any atom is 0.314 e. The van der Waals surface area contributed by atoms with Crippen molar-refractivity contribution in [2.24, 2.45) is 35.5 Å². The second kappa shape index (κ2) is 11.2. The van der Waals surface area contributed by atoms with Gasteiger partial charge in [0.25, 0.3) is 0 Å². The standard InChI is InChI=1S/C28H41ClO2/c1-2-3-4-6-20-9-11-21(12-10-20)22-13-18-26-23(19-22)7-5-8-27(26)28(30)31-25-16-14-24(29)15-17-25/h14-17,20-23,26-27H,2-13,18-19H2,1H3. The van der Waals surface area contributed by atoms with E-state index in [2.05, 4.69) is 6.92 Å². The van der Waals surface area contributed by atoms with Gasteiger partial charge in [0, 0.05) is 5.02 Å². The molecule has 31 heavy (non-hydrogen) atoms. The van der Waals surface area contributed by atoms with Gasteiger partial charge in [-0.25, -0.2) is 0 Å². The molecule has 2 nitrogen and oxygen atoms in total. The van der Waals surface area contributed by atoms with Gasteiger partial charge >= 0.3 is 5.97 Å². The van der Waals surface area contributed by atoms with Crippen molar-refractivity contribution < 1.29 is 9.53 Å². The molecule has 0 spiro atoms. The van der Waals surface area contributed by atoms with E-state index >= 15 is 0 Å². The molecule has 3 aliphatic carbocycles. The summed E-state index contributed by atoms with van der Waals surface area (Å²) in [6.07, 6.45) is 18.9. The molecule has 3 aliphatic rings. The van der Waals surface area contributed by atoms with E-state index < -0.39 is 0 Å². The van der Waals surface area contributed by atoms with E-state index in [1.807, 2.05) is 0 Å². The Morgan fingerprint density at radius 1 is 0.903 bits per heavy atom. The number of halogens is 1. The zero-order chi connectivity index (χ0) is 21.6. The van der Waals surface area contributed by atoms with Crippen LogP contribution >= 0.6 is 11.6 Å². The van der Waals surface area contributed by atoms with Crippen molar-refractivity contribution in [2.45, 2.75) is 96.8 Å². The number of hydrogen-bond donors (Lipinski definition) is 0. The van der Waals surface area contributed by atoms with Crippen molar-refractivity contribution in [1.82, 2.24) is 0 Å². The first-order chi connectivity index (χ1) is 15.1. The number of esters is 1. The van der Waals surface area contributed by atoms with E-state index in [1.165, 1.54) is 83.5 Å². The van der Waals surface area contributed by atoms with Crippen LogP contribution in [0.1, 0.15) is 96.8 Å². The van der Waals surface area contributed by atoms with Gasteiger partial charge in [-0.1, -0.05) is 69.9 Å². The summed E-state index contributed by atoms with van der Waals surface area (Å²) in [5, 5.41) is 0.672. The fourth-order valence-corrected chi connectivity index (χ4v) is 7.17. The molecule has 0 radical (unpaired) electrons. The van der Waals surface area contributed by atoms with Crippen molar-refractivity contribution >= 4 is 17.6 Å². The summed E-state index contributed by atoms with van der Waals surface area (Å²) in [7, 11) is 0. The molecule has 3 fully saturated rings. The number of ether oxygens (including phenoxy) is 1. The third-order valence-electron chi connectivity index (χ3n) is 8.80. The summed E-state index contributed by atoms with van der Waals surface area (Å²) >= 11 is 5.96. The van der Waals surface area contributed by atoms with Gasteiger partial charge in [-0.15, -0.1) is 0 Å². The lowest BCUT2D eigenvalue weighted by atomic mass is 9.59. The van der Waals surface area contributed by atoms with E-state index in [1.54, 1.807) is 24.3 Å². The number of rotatable bonds is 7. The number of benzene rings is 1. The number of fused-ring (bicyclic) bond motifs is 1. The van der Waals surface area contributed by atoms with Crippen LogP contribution in [0.5, 0.6) is 5.75 Å². The van der Waals surface area contributed by atoms with Gasteiger partial charge in [0.1, 0.15) is 5.75 Å². The van der Waals surface area contributed by atoms with Crippen molar-refractivity contribution in [3.05, 3.63) is 29.3 Å². The zero-order valence-corrected chi connectivity index (χ0v) is 20.1. The van der Waals surface area contributed by atoms with Gasteiger partial charge in [-0.2, -0.15) is 0 Å². The molecule has 0 N–H and O–H groups in total. The van der Waals surface area contributed by atoms with Crippen LogP contribution in [-0.4, -0.2) is 5.97 Å². The molecule has 0 heterocycles. The first-order valence-corrected chi connectivity index (χ1v) is 13.5. The maximum absolute atomic E-state index is 13.0. The lowest BCUT2D eigenvalue weighted by molar-refractivity contribution is -0.144. The summed E-state index contributed by atoms with van der Waals surface area (Å²) in [5.74, 6) is 4.83. The van der Waals surface area contributed by atoms with Gasteiger partial charge in [0.05, 0.1) is 5.92 Å². The predicted molar refractivity (Wildman–Crippen MR) is 128 cm³/mol. The van der Waals surface area contributed by atoms with E-state index in [0.29, 0.717) is 16.7 Å². The maximum atomic E-state index is 13.0. The minimum Gasteiger partial charge on any atom is -0.426 e. The molecule has 3 heteroatoms. The Morgan fingerprint density at radius 2 is 1.65 bits per heavy atom. The van der Waals surface area contributed by atoms with Crippen molar-refractivity contribution in [2.75, 3.05) is 0 Å². The summed E-state index contributed by atoms with van der Waals surface area (Å²) in [6, 6.07) is 7.18. The Labute approximate surface area is 194 Å². The molecule has 0 amide bonds. The van der Waals surface area contributed by atoms with Crippen LogP contribution in [0.4, 0.5) is 0 Å². The summed E-state index contributed by atoms with van der Waals surface area (Å²) in [4.78, 5) is 13.0. The van der Waals surface area contributed by atoms with Crippen molar-refractivity contribution in [1.29, 1.82) is 0 Å². The Kier molecular flexibility index (Phi) is 8.37. The van der Waals surface area contributed by atoms with Crippen LogP contribution in [0.3, 0.4) is 0 Å². The highest BCUT2D eigenvalue weighted by Crippen LogP contribution is 2.50. The molecule has 1 aromatic carbocycles. The second-order valence-corrected chi connectivity index (χ2v) is 11.1. The number of carbonyl (C=O) groups excluding carboxylic acids is 1. The lowest BCUT2D eigenvalue weighted by Crippen LogP contribution is -2.40. The zero-order valence-electron chi connectivity index (χ0n) is 19.4. The molecular weight excluding hydrogens is 404 g/mol. The number of unbranched alkanes of at least 4 members (excludes halogenated alkanes) is 2. The van der Waals surface area contributed by atoms with Gasteiger partial charge in [-0.3, -0.25) is 4.79 Å². The largest absolute Gasteiger partial charge is 0.426 e. The fraction of sp³-hybridized carbons (Fsp3) is 0.750. The van der Waals surface area contributed by atoms with E-state index in [0.717, 1.165) is 30.1 Å². The van der Waals surface area contributed by atoms with E-state index in [9.17, 15) is 4.79 Å². The Morgan fingerprint density at radius 3 is 2.39 bits per heavy atom. The van der Waals surface area contributed by atoms with Crippen LogP contribution in [-0.2, 0) is 4.79 Å². The second-order valence-electron chi connectivity index (χ2n) is 10.7. The topological polar surface area (TPSA) is 26.3 Å². The molecule has 0 aromatic heterocycles. The van der Waals surface area contributed by atoms with Gasteiger partial charge in [-0.05, 0) is 92.4 Å². The fourth-order valence-electron chi connectivity index (χ4n) is 7.05. The smallest absolute Gasteiger partial charge is 0.314 e. The monoisotopic (exact) mass is 444 g/mol. The third-order valence-corrected chi connectivity index (χ3v) is 9.05. The van der Waals surface area contributed by atoms with E-state index in [-0.39, 0.29) is 11.9 Å². The van der Waals surface area contributed by atoms with Crippen LogP contribution in [0, 0.1) is 35.5 Å². The summed E-state index contributed by atoms with van der Waals surface area (Å²) < 4.78 is 5.76. The molecule has 0 saturated heterocycles. The molecule has 1 aromatic rings. The van der Waals surface area contributed by atoms with Crippen LogP contribution in [0.15, 0.2) is 24.3 Å². The molecule has 4 atom stereocenters. The Hall–Kier alpha value is -1.02. The highest BCUT2D eigenvalue weighted by molar-refractivity contribution is 6.30. The molecular formula is C28H41ClO2. The van der Waals surface area contributed by atoms with Crippen molar-refractivity contribution in [3.63, 3.8) is 0 Å². The van der Waals surface area contributed by atoms with Gasteiger partial charge in [0.15, 0.2) is 0 Å².